The summed E-state index contributed by atoms with van der Waals surface area (Å²) in [6.07, 6.45) is 7.65. The summed E-state index contributed by atoms with van der Waals surface area (Å²) in [6.45, 7) is 1.02. The first-order valence-corrected chi connectivity index (χ1v) is 8.04. The molecule has 1 unspecified atom stereocenters. The second-order valence-electron chi connectivity index (χ2n) is 5.85. The predicted molar refractivity (Wildman–Crippen MR) is 88.7 cm³/mol. The van der Waals surface area contributed by atoms with E-state index in [4.69, 9.17) is 0 Å². The van der Waals surface area contributed by atoms with Crippen molar-refractivity contribution < 1.29 is 0 Å². The molecule has 22 heavy (non-hydrogen) atoms. The van der Waals surface area contributed by atoms with Gasteiger partial charge in [-0.2, -0.15) is 5.26 Å². The van der Waals surface area contributed by atoms with Crippen LogP contribution in [-0.4, -0.2) is 17.6 Å². The Morgan fingerprint density at radius 3 is 2.86 bits per heavy atom. The highest BCUT2D eigenvalue weighted by Gasteiger charge is 2.26. The van der Waals surface area contributed by atoms with Gasteiger partial charge in [-0.3, -0.25) is 0 Å². The van der Waals surface area contributed by atoms with E-state index in [-0.39, 0.29) is 0 Å². The summed E-state index contributed by atoms with van der Waals surface area (Å²) in [7, 11) is 0. The number of benzene rings is 1. The van der Waals surface area contributed by atoms with Crippen LogP contribution in [0.25, 0.3) is 0 Å². The topological polar surface area (TPSA) is 39.9 Å². The van der Waals surface area contributed by atoms with Gasteiger partial charge in [0.2, 0.25) is 0 Å². The van der Waals surface area contributed by atoms with Gasteiger partial charge in [-0.05, 0) is 49.8 Å². The number of hydrogen-bond acceptors (Lipinski definition) is 3. The molecule has 3 heteroatoms. The standard InChI is InChI=1S/C19H21N3/c20-15-17-10-5-13-21-19(17)22-14-6-12-18(22)11-4-9-16-7-2-1-3-8-16/h1-3,5,7-8,10,13,18H,4,6,9,11-12,14H2. The van der Waals surface area contributed by atoms with Crippen LogP contribution in [0, 0.1) is 11.3 Å². The minimum atomic E-state index is 0.519. The van der Waals surface area contributed by atoms with E-state index in [0.717, 1.165) is 25.2 Å². The van der Waals surface area contributed by atoms with E-state index in [1.54, 1.807) is 6.20 Å². The molecule has 1 aromatic heterocycles. The van der Waals surface area contributed by atoms with Crippen molar-refractivity contribution in [3.63, 3.8) is 0 Å². The largest absolute Gasteiger partial charge is 0.353 e. The zero-order valence-electron chi connectivity index (χ0n) is 12.8. The minimum absolute atomic E-state index is 0.519. The van der Waals surface area contributed by atoms with E-state index in [1.807, 2.05) is 12.1 Å². The number of aromatic nitrogens is 1. The van der Waals surface area contributed by atoms with Gasteiger partial charge in [-0.25, -0.2) is 4.98 Å². The van der Waals surface area contributed by atoms with Crippen molar-refractivity contribution in [2.45, 2.75) is 38.1 Å². The minimum Gasteiger partial charge on any atom is -0.353 e. The molecule has 2 heterocycles. The first-order valence-electron chi connectivity index (χ1n) is 8.04. The lowest BCUT2D eigenvalue weighted by atomic mass is 10.0. The van der Waals surface area contributed by atoms with Crippen molar-refractivity contribution in [1.82, 2.24) is 4.98 Å². The molecule has 0 N–H and O–H groups in total. The molecule has 3 nitrogen and oxygen atoms in total. The highest BCUT2D eigenvalue weighted by molar-refractivity contribution is 5.54. The summed E-state index contributed by atoms with van der Waals surface area (Å²) < 4.78 is 0. The van der Waals surface area contributed by atoms with E-state index in [1.165, 1.54) is 24.8 Å². The number of nitrogens with zero attached hydrogens (tertiary/aromatic N) is 3. The van der Waals surface area contributed by atoms with Crippen molar-refractivity contribution >= 4 is 5.82 Å². The van der Waals surface area contributed by atoms with E-state index in [2.05, 4.69) is 46.3 Å². The van der Waals surface area contributed by atoms with Crippen molar-refractivity contribution in [2.75, 3.05) is 11.4 Å². The van der Waals surface area contributed by atoms with Gasteiger partial charge in [0.05, 0.1) is 5.56 Å². The van der Waals surface area contributed by atoms with E-state index >= 15 is 0 Å². The molecule has 3 rings (SSSR count). The Balaban J connectivity index is 1.63. The number of hydrogen-bond donors (Lipinski definition) is 0. The second-order valence-corrected chi connectivity index (χ2v) is 5.85. The molecule has 0 aliphatic carbocycles. The van der Waals surface area contributed by atoms with Gasteiger partial charge in [0.15, 0.2) is 0 Å². The van der Waals surface area contributed by atoms with E-state index in [0.29, 0.717) is 11.6 Å². The van der Waals surface area contributed by atoms with Gasteiger partial charge in [-0.15, -0.1) is 0 Å². The molecule has 1 atom stereocenters. The van der Waals surface area contributed by atoms with Crippen LogP contribution >= 0.6 is 0 Å². The van der Waals surface area contributed by atoms with Gasteiger partial charge in [0, 0.05) is 18.8 Å². The van der Waals surface area contributed by atoms with E-state index in [9.17, 15) is 5.26 Å². The van der Waals surface area contributed by atoms with Crippen LogP contribution in [0.4, 0.5) is 5.82 Å². The van der Waals surface area contributed by atoms with Crippen molar-refractivity contribution in [2.24, 2.45) is 0 Å². The van der Waals surface area contributed by atoms with Crippen LogP contribution in [-0.2, 0) is 6.42 Å². The summed E-state index contributed by atoms with van der Waals surface area (Å²) in [6, 6.07) is 17.1. The molecule has 112 valence electrons. The Morgan fingerprint density at radius 2 is 2.05 bits per heavy atom. The summed E-state index contributed by atoms with van der Waals surface area (Å²) in [4.78, 5) is 6.79. The number of nitriles is 1. The third-order valence-electron chi connectivity index (χ3n) is 4.40. The lowest BCUT2D eigenvalue weighted by Crippen LogP contribution is -2.30. The highest BCUT2D eigenvalue weighted by atomic mass is 15.2. The molecule has 1 aliphatic rings. The average molecular weight is 291 g/mol. The molecule has 1 fully saturated rings. The monoisotopic (exact) mass is 291 g/mol. The average Bonchev–Trinajstić information content (AvgIpc) is 3.04. The van der Waals surface area contributed by atoms with Crippen LogP contribution in [0.3, 0.4) is 0 Å². The quantitative estimate of drug-likeness (QED) is 0.837. The lowest BCUT2D eigenvalue weighted by molar-refractivity contribution is 0.577. The smallest absolute Gasteiger partial charge is 0.146 e. The lowest BCUT2D eigenvalue weighted by Gasteiger charge is -2.26. The molecule has 0 saturated carbocycles. The number of aryl methyl sites for hydroxylation is 1. The molecule has 1 aromatic carbocycles. The summed E-state index contributed by atoms with van der Waals surface area (Å²) in [5.41, 5.74) is 2.10. The van der Waals surface area contributed by atoms with Gasteiger partial charge in [0.1, 0.15) is 11.9 Å². The Kier molecular flexibility index (Phi) is 4.70. The molecule has 0 radical (unpaired) electrons. The second kappa shape index (κ2) is 7.09. The Bertz CT molecular complexity index is 645. The van der Waals surface area contributed by atoms with Crippen LogP contribution in [0.15, 0.2) is 48.7 Å². The van der Waals surface area contributed by atoms with Gasteiger partial charge < -0.3 is 4.90 Å². The summed E-state index contributed by atoms with van der Waals surface area (Å²) in [5, 5.41) is 9.27. The zero-order chi connectivity index (χ0) is 15.2. The fourth-order valence-corrected chi connectivity index (χ4v) is 3.31. The fraction of sp³-hybridized carbons (Fsp3) is 0.368. The third-order valence-corrected chi connectivity index (χ3v) is 4.40. The van der Waals surface area contributed by atoms with E-state index < -0.39 is 0 Å². The van der Waals surface area contributed by atoms with Gasteiger partial charge >= 0.3 is 0 Å². The molecule has 0 bridgehead atoms. The Morgan fingerprint density at radius 1 is 1.18 bits per heavy atom. The van der Waals surface area contributed by atoms with Crippen molar-refractivity contribution in [3.8, 4) is 6.07 Å². The third kappa shape index (κ3) is 3.28. The first-order chi connectivity index (χ1) is 10.9. The van der Waals surface area contributed by atoms with Crippen LogP contribution in [0.1, 0.15) is 36.8 Å². The molecule has 1 aliphatic heterocycles. The SMILES string of the molecule is N#Cc1cccnc1N1CCCC1CCCc1ccccc1. The Hall–Kier alpha value is -2.34. The Labute approximate surface area is 132 Å². The molecule has 0 spiro atoms. The zero-order valence-corrected chi connectivity index (χ0v) is 12.8. The van der Waals surface area contributed by atoms with Gasteiger partial charge in [0.25, 0.3) is 0 Å². The molecular formula is C19H21N3. The molecular weight excluding hydrogens is 270 g/mol. The first kappa shape index (κ1) is 14.6. The molecule has 1 saturated heterocycles. The van der Waals surface area contributed by atoms with Crippen LogP contribution < -0.4 is 4.90 Å². The normalized spacial score (nSPS) is 17.4. The maximum Gasteiger partial charge on any atom is 0.146 e. The maximum absolute atomic E-state index is 9.27. The number of rotatable bonds is 5. The van der Waals surface area contributed by atoms with Crippen LogP contribution in [0.2, 0.25) is 0 Å². The van der Waals surface area contributed by atoms with Gasteiger partial charge in [-0.1, -0.05) is 30.3 Å². The molecule has 0 amide bonds. The number of anilines is 1. The highest BCUT2D eigenvalue weighted by Crippen LogP contribution is 2.29. The predicted octanol–water partition coefficient (Wildman–Crippen LogP) is 3.94. The summed E-state index contributed by atoms with van der Waals surface area (Å²) in [5.74, 6) is 0.868. The molecule has 2 aromatic rings. The maximum atomic E-state index is 9.27. The number of pyridine rings is 1. The van der Waals surface area contributed by atoms with Crippen LogP contribution in [0.5, 0.6) is 0 Å². The van der Waals surface area contributed by atoms with Crippen molar-refractivity contribution in [3.05, 3.63) is 59.8 Å². The fourth-order valence-electron chi connectivity index (χ4n) is 3.31. The van der Waals surface area contributed by atoms with Crippen molar-refractivity contribution in [1.29, 1.82) is 5.26 Å². The summed E-state index contributed by atoms with van der Waals surface area (Å²) >= 11 is 0.